The van der Waals surface area contributed by atoms with Crippen LogP contribution < -0.4 is 5.32 Å². The topological polar surface area (TPSA) is 55.2 Å². The van der Waals surface area contributed by atoms with E-state index in [2.05, 4.69) is 19.2 Å². The van der Waals surface area contributed by atoms with Gasteiger partial charge in [-0.3, -0.25) is 10.1 Å². The zero-order valence-electron chi connectivity index (χ0n) is 10.4. The minimum absolute atomic E-state index is 0.0538. The number of rotatable bonds is 6. The number of nitro groups is 1. The largest absolute Gasteiger partial charge is 0.305 e. The molecule has 1 rings (SSSR count). The van der Waals surface area contributed by atoms with E-state index in [0.717, 1.165) is 6.42 Å². The van der Waals surface area contributed by atoms with Gasteiger partial charge < -0.3 is 5.32 Å². The van der Waals surface area contributed by atoms with E-state index >= 15 is 0 Å². The molecule has 1 unspecified atom stereocenters. The summed E-state index contributed by atoms with van der Waals surface area (Å²) in [6, 6.07) is 0.565. The standard InChI is InChI=1S/C12H24N2O2/c1-10(2)8-12(9-14(15)16)13-11-6-4-3-5-7-11/h10-13H,3-9H2,1-2H3. The van der Waals surface area contributed by atoms with Crippen LogP contribution in [0.2, 0.25) is 0 Å². The summed E-state index contributed by atoms with van der Waals surface area (Å²) in [5.74, 6) is 0.515. The summed E-state index contributed by atoms with van der Waals surface area (Å²) in [6.07, 6.45) is 7.13. The van der Waals surface area contributed by atoms with Crippen LogP contribution in [0.3, 0.4) is 0 Å². The molecule has 1 fully saturated rings. The van der Waals surface area contributed by atoms with Crippen LogP contribution in [0.25, 0.3) is 0 Å². The van der Waals surface area contributed by atoms with Gasteiger partial charge in [-0.15, -0.1) is 0 Å². The highest BCUT2D eigenvalue weighted by Gasteiger charge is 2.22. The van der Waals surface area contributed by atoms with Gasteiger partial charge in [-0.05, 0) is 25.2 Å². The quantitative estimate of drug-likeness (QED) is 0.561. The van der Waals surface area contributed by atoms with Crippen molar-refractivity contribution in [1.82, 2.24) is 5.32 Å². The molecule has 0 heterocycles. The normalized spacial score (nSPS) is 19.9. The van der Waals surface area contributed by atoms with Crippen molar-refractivity contribution in [3.05, 3.63) is 10.1 Å². The van der Waals surface area contributed by atoms with Crippen molar-refractivity contribution in [1.29, 1.82) is 0 Å². The fourth-order valence-electron chi connectivity index (χ4n) is 2.55. The van der Waals surface area contributed by atoms with E-state index in [9.17, 15) is 10.1 Å². The van der Waals surface area contributed by atoms with Crippen LogP contribution in [0, 0.1) is 16.0 Å². The molecule has 0 aromatic heterocycles. The first-order valence-electron chi connectivity index (χ1n) is 6.45. The van der Waals surface area contributed by atoms with Gasteiger partial charge in [0.1, 0.15) is 0 Å². The van der Waals surface area contributed by atoms with Gasteiger partial charge in [-0.2, -0.15) is 0 Å². The molecule has 1 saturated carbocycles. The van der Waals surface area contributed by atoms with Crippen LogP contribution in [0.1, 0.15) is 52.4 Å². The molecule has 0 amide bonds. The van der Waals surface area contributed by atoms with E-state index in [0.29, 0.717) is 12.0 Å². The summed E-state index contributed by atoms with van der Waals surface area (Å²) in [5, 5.41) is 14.1. The summed E-state index contributed by atoms with van der Waals surface area (Å²) >= 11 is 0. The molecule has 1 atom stereocenters. The second-order valence-electron chi connectivity index (χ2n) is 5.34. The SMILES string of the molecule is CC(C)CC(C[N+](=O)[O-])NC1CCCCC1. The molecule has 0 aromatic rings. The smallest absolute Gasteiger partial charge is 0.219 e. The van der Waals surface area contributed by atoms with E-state index in [1.165, 1.54) is 32.1 Å². The Morgan fingerprint density at radius 2 is 1.94 bits per heavy atom. The maximum absolute atomic E-state index is 10.6. The summed E-state index contributed by atoms with van der Waals surface area (Å²) in [5.41, 5.74) is 0. The molecular formula is C12H24N2O2. The van der Waals surface area contributed by atoms with Gasteiger partial charge in [0.15, 0.2) is 0 Å². The first-order valence-corrected chi connectivity index (χ1v) is 6.45. The summed E-state index contributed by atoms with van der Waals surface area (Å²) in [6.45, 7) is 4.31. The van der Waals surface area contributed by atoms with Crippen LogP contribution in [0.15, 0.2) is 0 Å². The van der Waals surface area contributed by atoms with Gasteiger partial charge in [-0.25, -0.2) is 0 Å². The molecule has 4 nitrogen and oxygen atoms in total. The lowest BCUT2D eigenvalue weighted by molar-refractivity contribution is -0.484. The van der Waals surface area contributed by atoms with Crippen molar-refractivity contribution < 1.29 is 4.92 Å². The average Bonchev–Trinajstić information content (AvgIpc) is 2.16. The molecular weight excluding hydrogens is 204 g/mol. The maximum Gasteiger partial charge on any atom is 0.219 e. The van der Waals surface area contributed by atoms with Crippen molar-refractivity contribution in [3.63, 3.8) is 0 Å². The van der Waals surface area contributed by atoms with Crippen LogP contribution in [0.4, 0.5) is 0 Å². The Hall–Kier alpha value is -0.640. The maximum atomic E-state index is 10.6. The third kappa shape index (κ3) is 5.45. The molecule has 0 bridgehead atoms. The molecule has 0 spiro atoms. The van der Waals surface area contributed by atoms with E-state index < -0.39 is 0 Å². The van der Waals surface area contributed by atoms with Gasteiger partial charge in [0, 0.05) is 11.0 Å². The number of nitrogens with zero attached hydrogens (tertiary/aromatic N) is 1. The predicted octanol–water partition coefficient (Wildman–Crippen LogP) is 2.60. The Kier molecular flexibility index (Phi) is 5.74. The van der Waals surface area contributed by atoms with Crippen LogP contribution in [-0.2, 0) is 0 Å². The van der Waals surface area contributed by atoms with Crippen molar-refractivity contribution in [3.8, 4) is 0 Å². The summed E-state index contributed by atoms with van der Waals surface area (Å²) < 4.78 is 0. The number of hydrogen-bond acceptors (Lipinski definition) is 3. The van der Waals surface area contributed by atoms with Crippen LogP contribution in [0.5, 0.6) is 0 Å². The summed E-state index contributed by atoms with van der Waals surface area (Å²) in [4.78, 5) is 10.4. The van der Waals surface area contributed by atoms with Crippen molar-refractivity contribution in [2.45, 2.75) is 64.5 Å². The van der Waals surface area contributed by atoms with Crippen LogP contribution >= 0.6 is 0 Å². The van der Waals surface area contributed by atoms with Crippen molar-refractivity contribution >= 4 is 0 Å². The predicted molar refractivity (Wildman–Crippen MR) is 65.1 cm³/mol. The van der Waals surface area contributed by atoms with E-state index in [1.807, 2.05) is 0 Å². The van der Waals surface area contributed by atoms with E-state index in [1.54, 1.807) is 0 Å². The van der Waals surface area contributed by atoms with Gasteiger partial charge in [-0.1, -0.05) is 33.1 Å². The molecule has 16 heavy (non-hydrogen) atoms. The lowest BCUT2D eigenvalue weighted by Gasteiger charge is -2.27. The molecule has 0 radical (unpaired) electrons. The summed E-state index contributed by atoms with van der Waals surface area (Å²) in [7, 11) is 0. The highest BCUT2D eigenvalue weighted by Crippen LogP contribution is 2.19. The van der Waals surface area contributed by atoms with E-state index in [4.69, 9.17) is 0 Å². The highest BCUT2D eigenvalue weighted by molar-refractivity contribution is 4.77. The molecule has 1 aliphatic carbocycles. The molecule has 0 aromatic carbocycles. The second-order valence-corrected chi connectivity index (χ2v) is 5.34. The average molecular weight is 228 g/mol. The Bertz CT molecular complexity index is 213. The fraction of sp³-hybridized carbons (Fsp3) is 1.00. The fourth-order valence-corrected chi connectivity index (χ4v) is 2.55. The van der Waals surface area contributed by atoms with Crippen LogP contribution in [-0.4, -0.2) is 23.6 Å². The molecule has 1 N–H and O–H groups in total. The minimum Gasteiger partial charge on any atom is -0.305 e. The third-order valence-corrected chi connectivity index (χ3v) is 3.20. The van der Waals surface area contributed by atoms with Crippen molar-refractivity contribution in [2.75, 3.05) is 6.54 Å². The van der Waals surface area contributed by atoms with Gasteiger partial charge in [0.25, 0.3) is 0 Å². The van der Waals surface area contributed by atoms with Gasteiger partial charge in [0.2, 0.25) is 6.54 Å². The first-order chi connectivity index (χ1) is 7.58. The minimum atomic E-state index is -0.192. The lowest BCUT2D eigenvalue weighted by Crippen LogP contribution is -2.43. The molecule has 0 saturated heterocycles. The Morgan fingerprint density at radius 1 is 1.31 bits per heavy atom. The monoisotopic (exact) mass is 228 g/mol. The molecule has 94 valence electrons. The molecule has 0 aliphatic heterocycles. The van der Waals surface area contributed by atoms with Crippen molar-refractivity contribution in [2.24, 2.45) is 5.92 Å². The molecule has 1 aliphatic rings. The first kappa shape index (κ1) is 13.4. The van der Waals surface area contributed by atoms with Gasteiger partial charge >= 0.3 is 0 Å². The molecule has 4 heteroatoms. The Balaban J connectivity index is 2.37. The Labute approximate surface area is 98.0 Å². The zero-order valence-corrected chi connectivity index (χ0v) is 10.4. The number of nitrogens with one attached hydrogen (secondary N) is 1. The second kappa shape index (κ2) is 6.84. The third-order valence-electron chi connectivity index (χ3n) is 3.20. The zero-order chi connectivity index (χ0) is 12.0. The van der Waals surface area contributed by atoms with E-state index in [-0.39, 0.29) is 17.5 Å². The highest BCUT2D eigenvalue weighted by atomic mass is 16.6. The lowest BCUT2D eigenvalue weighted by atomic mass is 9.93. The van der Waals surface area contributed by atoms with Gasteiger partial charge in [0.05, 0.1) is 6.04 Å². The number of hydrogen-bond donors (Lipinski definition) is 1. The Morgan fingerprint density at radius 3 is 2.44 bits per heavy atom.